The summed E-state index contributed by atoms with van der Waals surface area (Å²) in [4.78, 5) is 0. The van der Waals surface area contributed by atoms with Gasteiger partial charge in [-0.2, -0.15) is 0 Å². The third kappa shape index (κ3) is 5.93. The van der Waals surface area contributed by atoms with Gasteiger partial charge in [-0.3, -0.25) is 0 Å². The SMILES string of the molecule is CCCC(O)(CCC)CCc1cccc(OCCN)c1. The van der Waals surface area contributed by atoms with Gasteiger partial charge in [0.15, 0.2) is 0 Å². The van der Waals surface area contributed by atoms with Gasteiger partial charge < -0.3 is 15.6 Å². The fourth-order valence-electron chi connectivity index (χ4n) is 2.65. The second kappa shape index (κ2) is 8.98. The van der Waals surface area contributed by atoms with Crippen molar-refractivity contribution in [3.8, 4) is 5.75 Å². The van der Waals surface area contributed by atoms with E-state index < -0.39 is 5.60 Å². The zero-order chi connectivity index (χ0) is 14.8. The molecule has 0 bridgehead atoms. The molecule has 0 saturated carbocycles. The second-order valence-corrected chi connectivity index (χ2v) is 5.51. The lowest BCUT2D eigenvalue weighted by molar-refractivity contribution is 0.0132. The van der Waals surface area contributed by atoms with Gasteiger partial charge in [0.25, 0.3) is 0 Å². The largest absolute Gasteiger partial charge is 0.492 e. The Balaban J connectivity index is 2.58. The Labute approximate surface area is 123 Å². The van der Waals surface area contributed by atoms with Gasteiger partial charge >= 0.3 is 0 Å². The number of ether oxygens (including phenoxy) is 1. The molecular weight excluding hydrogens is 250 g/mol. The van der Waals surface area contributed by atoms with Crippen molar-refractivity contribution in [3.05, 3.63) is 29.8 Å². The second-order valence-electron chi connectivity index (χ2n) is 5.51. The van der Waals surface area contributed by atoms with Crippen LogP contribution in [0.4, 0.5) is 0 Å². The van der Waals surface area contributed by atoms with Crippen LogP contribution in [0.25, 0.3) is 0 Å². The van der Waals surface area contributed by atoms with E-state index in [0.717, 1.165) is 44.3 Å². The summed E-state index contributed by atoms with van der Waals surface area (Å²) < 4.78 is 5.54. The molecule has 0 amide bonds. The summed E-state index contributed by atoms with van der Waals surface area (Å²) >= 11 is 0. The number of nitrogens with two attached hydrogens (primary N) is 1. The van der Waals surface area contributed by atoms with E-state index in [-0.39, 0.29) is 0 Å². The summed E-state index contributed by atoms with van der Waals surface area (Å²) in [5, 5.41) is 10.6. The number of rotatable bonds is 10. The van der Waals surface area contributed by atoms with Crippen LogP contribution in [0.5, 0.6) is 5.75 Å². The minimum Gasteiger partial charge on any atom is -0.492 e. The van der Waals surface area contributed by atoms with Crippen LogP contribution in [0.1, 0.15) is 51.5 Å². The monoisotopic (exact) mass is 279 g/mol. The van der Waals surface area contributed by atoms with E-state index in [2.05, 4.69) is 19.9 Å². The highest BCUT2D eigenvalue weighted by Crippen LogP contribution is 2.26. The van der Waals surface area contributed by atoms with Crippen molar-refractivity contribution in [3.63, 3.8) is 0 Å². The molecule has 3 heteroatoms. The van der Waals surface area contributed by atoms with Crippen molar-refractivity contribution in [2.75, 3.05) is 13.2 Å². The molecule has 0 aliphatic heterocycles. The molecule has 0 unspecified atom stereocenters. The third-order valence-corrected chi connectivity index (χ3v) is 3.59. The molecule has 0 radical (unpaired) electrons. The molecule has 0 fully saturated rings. The molecule has 3 nitrogen and oxygen atoms in total. The molecule has 114 valence electrons. The summed E-state index contributed by atoms with van der Waals surface area (Å²) in [6.45, 7) is 5.32. The highest BCUT2D eigenvalue weighted by atomic mass is 16.5. The Morgan fingerprint density at radius 3 is 2.45 bits per heavy atom. The van der Waals surface area contributed by atoms with Crippen LogP contribution in [0.3, 0.4) is 0 Å². The van der Waals surface area contributed by atoms with Crippen molar-refractivity contribution in [2.24, 2.45) is 5.73 Å². The van der Waals surface area contributed by atoms with Crippen molar-refractivity contribution in [1.29, 1.82) is 0 Å². The molecule has 0 aromatic heterocycles. The van der Waals surface area contributed by atoms with E-state index in [1.54, 1.807) is 0 Å². The normalized spacial score (nSPS) is 11.6. The summed E-state index contributed by atoms with van der Waals surface area (Å²) in [6.07, 6.45) is 5.51. The Kier molecular flexibility index (Phi) is 7.63. The van der Waals surface area contributed by atoms with Crippen molar-refractivity contribution in [2.45, 2.75) is 58.0 Å². The lowest BCUT2D eigenvalue weighted by Gasteiger charge is -2.27. The molecule has 0 aliphatic rings. The smallest absolute Gasteiger partial charge is 0.119 e. The summed E-state index contributed by atoms with van der Waals surface area (Å²) in [5.74, 6) is 0.863. The summed E-state index contributed by atoms with van der Waals surface area (Å²) in [5.41, 5.74) is 6.14. The van der Waals surface area contributed by atoms with Gasteiger partial charge in [0, 0.05) is 6.54 Å². The molecule has 0 spiro atoms. The molecule has 1 aromatic carbocycles. The Hall–Kier alpha value is -1.06. The molecule has 0 heterocycles. The zero-order valence-electron chi connectivity index (χ0n) is 12.9. The maximum atomic E-state index is 10.6. The Morgan fingerprint density at radius 2 is 1.85 bits per heavy atom. The van der Waals surface area contributed by atoms with Crippen LogP contribution in [0.2, 0.25) is 0 Å². The number of benzene rings is 1. The van der Waals surface area contributed by atoms with E-state index in [4.69, 9.17) is 10.5 Å². The van der Waals surface area contributed by atoms with E-state index in [1.165, 1.54) is 5.56 Å². The first kappa shape index (κ1) is 17.0. The van der Waals surface area contributed by atoms with E-state index in [0.29, 0.717) is 13.2 Å². The van der Waals surface area contributed by atoms with Gasteiger partial charge in [0.1, 0.15) is 12.4 Å². The quantitative estimate of drug-likeness (QED) is 0.691. The lowest BCUT2D eigenvalue weighted by atomic mass is 9.87. The first-order valence-corrected chi connectivity index (χ1v) is 7.77. The molecule has 3 N–H and O–H groups in total. The molecule has 1 aromatic rings. The van der Waals surface area contributed by atoms with Crippen LogP contribution in [0.15, 0.2) is 24.3 Å². The van der Waals surface area contributed by atoms with Gasteiger partial charge in [-0.1, -0.05) is 38.8 Å². The molecule has 0 aliphatic carbocycles. The van der Waals surface area contributed by atoms with Crippen LogP contribution in [-0.2, 0) is 6.42 Å². The molecule has 0 atom stereocenters. The third-order valence-electron chi connectivity index (χ3n) is 3.59. The average Bonchev–Trinajstić information content (AvgIpc) is 2.44. The highest BCUT2D eigenvalue weighted by molar-refractivity contribution is 5.28. The number of aliphatic hydroxyl groups is 1. The van der Waals surface area contributed by atoms with E-state index in [9.17, 15) is 5.11 Å². The first-order chi connectivity index (χ1) is 9.63. The predicted octanol–water partition coefficient (Wildman–Crippen LogP) is 3.29. The molecule has 20 heavy (non-hydrogen) atoms. The average molecular weight is 279 g/mol. The Bertz CT molecular complexity index is 373. The van der Waals surface area contributed by atoms with Crippen LogP contribution < -0.4 is 10.5 Å². The van der Waals surface area contributed by atoms with Crippen LogP contribution >= 0.6 is 0 Å². The maximum Gasteiger partial charge on any atom is 0.119 e. The zero-order valence-corrected chi connectivity index (χ0v) is 12.9. The lowest BCUT2D eigenvalue weighted by Crippen LogP contribution is -2.28. The summed E-state index contributed by atoms with van der Waals surface area (Å²) in [6, 6.07) is 8.09. The summed E-state index contributed by atoms with van der Waals surface area (Å²) in [7, 11) is 0. The van der Waals surface area contributed by atoms with Crippen molar-refractivity contribution < 1.29 is 9.84 Å². The number of hydrogen-bond acceptors (Lipinski definition) is 3. The Morgan fingerprint density at radius 1 is 1.15 bits per heavy atom. The van der Waals surface area contributed by atoms with Gasteiger partial charge in [-0.05, 0) is 43.4 Å². The molecule has 0 saturated heterocycles. The number of hydrogen-bond donors (Lipinski definition) is 2. The standard InChI is InChI=1S/C17H29NO2/c1-3-9-17(19,10-4-2)11-8-15-6-5-7-16(14-15)20-13-12-18/h5-7,14,19H,3-4,8-13,18H2,1-2H3. The van der Waals surface area contributed by atoms with Gasteiger partial charge in [0.05, 0.1) is 5.60 Å². The van der Waals surface area contributed by atoms with E-state index >= 15 is 0 Å². The minimum absolute atomic E-state index is 0.516. The van der Waals surface area contributed by atoms with Crippen LogP contribution in [-0.4, -0.2) is 23.9 Å². The molecule has 1 rings (SSSR count). The predicted molar refractivity (Wildman–Crippen MR) is 84.1 cm³/mol. The van der Waals surface area contributed by atoms with Gasteiger partial charge in [0.2, 0.25) is 0 Å². The topological polar surface area (TPSA) is 55.5 Å². The maximum absolute atomic E-state index is 10.6. The van der Waals surface area contributed by atoms with Gasteiger partial charge in [-0.15, -0.1) is 0 Å². The molecular formula is C17H29NO2. The van der Waals surface area contributed by atoms with Crippen LogP contribution in [0, 0.1) is 0 Å². The first-order valence-electron chi connectivity index (χ1n) is 7.77. The number of aryl methyl sites for hydroxylation is 1. The fourth-order valence-corrected chi connectivity index (χ4v) is 2.65. The van der Waals surface area contributed by atoms with E-state index in [1.807, 2.05) is 18.2 Å². The van der Waals surface area contributed by atoms with Gasteiger partial charge in [-0.25, -0.2) is 0 Å². The highest BCUT2D eigenvalue weighted by Gasteiger charge is 2.24. The van der Waals surface area contributed by atoms with Crippen molar-refractivity contribution >= 4 is 0 Å². The minimum atomic E-state index is -0.516. The van der Waals surface area contributed by atoms with Crippen molar-refractivity contribution in [1.82, 2.24) is 0 Å². The fraction of sp³-hybridized carbons (Fsp3) is 0.647.